The van der Waals surface area contributed by atoms with Crippen LogP contribution in [0.25, 0.3) is 0 Å². The SMILES string of the molecule is COCc1cn(C2CC3CCC(C2)N3C(=O)c2cncc(Br)c2)nn1. The van der Waals surface area contributed by atoms with Gasteiger partial charge in [0, 0.05) is 36.1 Å². The molecule has 4 rings (SSSR count). The predicted octanol–water partition coefficient (Wildman–Crippen LogP) is 2.59. The first-order chi connectivity index (χ1) is 12.2. The van der Waals surface area contributed by atoms with Crippen molar-refractivity contribution < 1.29 is 9.53 Å². The van der Waals surface area contributed by atoms with E-state index in [1.165, 1.54) is 0 Å². The molecule has 0 spiro atoms. The Hall–Kier alpha value is -1.80. The summed E-state index contributed by atoms with van der Waals surface area (Å²) in [6.45, 7) is 0.472. The van der Waals surface area contributed by atoms with Crippen molar-refractivity contribution in [2.45, 2.75) is 50.4 Å². The number of rotatable bonds is 4. The van der Waals surface area contributed by atoms with Crippen LogP contribution < -0.4 is 0 Å². The van der Waals surface area contributed by atoms with Crippen LogP contribution in [-0.4, -0.2) is 50.0 Å². The van der Waals surface area contributed by atoms with Crippen LogP contribution in [0.3, 0.4) is 0 Å². The van der Waals surface area contributed by atoms with Crippen molar-refractivity contribution in [3.8, 4) is 0 Å². The van der Waals surface area contributed by atoms with E-state index < -0.39 is 0 Å². The van der Waals surface area contributed by atoms with E-state index >= 15 is 0 Å². The van der Waals surface area contributed by atoms with Gasteiger partial charge in [0.15, 0.2) is 0 Å². The second-order valence-corrected chi connectivity index (χ2v) is 7.65. The van der Waals surface area contributed by atoms with Crippen LogP contribution in [0.5, 0.6) is 0 Å². The van der Waals surface area contributed by atoms with E-state index in [-0.39, 0.29) is 18.0 Å². The van der Waals surface area contributed by atoms with Crippen molar-refractivity contribution in [3.63, 3.8) is 0 Å². The zero-order valence-electron chi connectivity index (χ0n) is 14.0. The Balaban J connectivity index is 1.51. The number of hydrogen-bond acceptors (Lipinski definition) is 5. The number of amides is 1. The number of piperidine rings is 1. The van der Waals surface area contributed by atoms with Gasteiger partial charge >= 0.3 is 0 Å². The summed E-state index contributed by atoms with van der Waals surface area (Å²) in [5, 5.41) is 8.42. The van der Waals surface area contributed by atoms with E-state index in [2.05, 4.69) is 36.1 Å². The fourth-order valence-electron chi connectivity index (χ4n) is 4.08. The predicted molar refractivity (Wildman–Crippen MR) is 93.9 cm³/mol. The average molecular weight is 406 g/mol. The molecule has 4 heterocycles. The third-order valence-electron chi connectivity index (χ3n) is 5.12. The summed E-state index contributed by atoms with van der Waals surface area (Å²) in [5.74, 6) is 0.0819. The molecule has 2 aliphatic heterocycles. The van der Waals surface area contributed by atoms with Gasteiger partial charge in [0.25, 0.3) is 5.91 Å². The molecule has 8 heteroatoms. The number of carbonyl (C=O) groups excluding carboxylic acids is 1. The van der Waals surface area contributed by atoms with Crippen LogP contribution in [0, 0.1) is 0 Å². The van der Waals surface area contributed by atoms with Gasteiger partial charge in [-0.2, -0.15) is 0 Å². The van der Waals surface area contributed by atoms with Gasteiger partial charge in [-0.25, -0.2) is 4.68 Å². The molecular weight excluding hydrogens is 386 g/mol. The lowest BCUT2D eigenvalue weighted by Crippen LogP contribution is -2.47. The quantitative estimate of drug-likeness (QED) is 0.781. The number of fused-ring (bicyclic) bond motifs is 2. The van der Waals surface area contributed by atoms with E-state index in [1.807, 2.05) is 16.9 Å². The maximum absolute atomic E-state index is 13.0. The van der Waals surface area contributed by atoms with Gasteiger partial charge in [0.1, 0.15) is 5.69 Å². The minimum Gasteiger partial charge on any atom is -0.378 e. The summed E-state index contributed by atoms with van der Waals surface area (Å²) in [6.07, 6.45) is 9.23. The Bertz CT molecular complexity index is 766. The first kappa shape index (κ1) is 16.7. The zero-order valence-corrected chi connectivity index (χ0v) is 15.6. The van der Waals surface area contributed by atoms with Crippen molar-refractivity contribution in [1.29, 1.82) is 0 Å². The highest BCUT2D eigenvalue weighted by Gasteiger charge is 2.44. The molecule has 2 bridgehead atoms. The van der Waals surface area contributed by atoms with Crippen molar-refractivity contribution in [3.05, 3.63) is 40.4 Å². The lowest BCUT2D eigenvalue weighted by Gasteiger charge is -2.38. The molecular formula is C17H20BrN5O2. The first-order valence-corrected chi connectivity index (χ1v) is 9.28. The molecule has 2 fully saturated rings. The monoisotopic (exact) mass is 405 g/mol. The lowest BCUT2D eigenvalue weighted by atomic mass is 9.96. The van der Waals surface area contributed by atoms with Gasteiger partial charge < -0.3 is 9.64 Å². The number of hydrogen-bond donors (Lipinski definition) is 0. The fraction of sp³-hybridized carbons (Fsp3) is 0.529. The molecule has 0 N–H and O–H groups in total. The van der Waals surface area contributed by atoms with Gasteiger partial charge in [-0.1, -0.05) is 5.21 Å². The topological polar surface area (TPSA) is 73.1 Å². The molecule has 2 atom stereocenters. The summed E-state index contributed by atoms with van der Waals surface area (Å²) in [7, 11) is 1.65. The Morgan fingerprint density at radius 3 is 2.72 bits per heavy atom. The van der Waals surface area contributed by atoms with Gasteiger partial charge in [0.05, 0.1) is 24.4 Å². The second-order valence-electron chi connectivity index (χ2n) is 6.74. The molecule has 25 heavy (non-hydrogen) atoms. The van der Waals surface area contributed by atoms with Crippen molar-refractivity contribution in [1.82, 2.24) is 24.9 Å². The third kappa shape index (κ3) is 3.20. The molecule has 7 nitrogen and oxygen atoms in total. The standard InChI is InChI=1S/C17H20BrN5O2/c1-25-10-13-9-22(21-20-13)16-5-14-2-3-15(6-16)23(14)17(24)11-4-12(18)8-19-7-11/h4,7-9,14-16H,2-3,5-6,10H2,1H3. The molecule has 2 unspecified atom stereocenters. The Morgan fingerprint density at radius 1 is 1.28 bits per heavy atom. The summed E-state index contributed by atoms with van der Waals surface area (Å²) in [6, 6.07) is 2.64. The smallest absolute Gasteiger partial charge is 0.255 e. The molecule has 2 aliphatic rings. The van der Waals surface area contributed by atoms with Gasteiger partial charge in [-0.3, -0.25) is 9.78 Å². The second kappa shape index (κ2) is 6.84. The largest absolute Gasteiger partial charge is 0.378 e. The van der Waals surface area contributed by atoms with Crippen LogP contribution in [0.15, 0.2) is 29.1 Å². The molecule has 0 aliphatic carbocycles. The molecule has 2 aromatic rings. The van der Waals surface area contributed by atoms with Crippen molar-refractivity contribution in [2.24, 2.45) is 0 Å². The highest BCUT2D eigenvalue weighted by Crippen LogP contribution is 2.41. The van der Waals surface area contributed by atoms with E-state index in [0.29, 0.717) is 18.2 Å². The van der Waals surface area contributed by atoms with Crippen molar-refractivity contribution >= 4 is 21.8 Å². The van der Waals surface area contributed by atoms with Gasteiger partial charge in [-0.15, -0.1) is 5.10 Å². The number of carbonyl (C=O) groups is 1. The molecule has 0 radical (unpaired) electrons. The summed E-state index contributed by atoms with van der Waals surface area (Å²) < 4.78 is 7.89. The van der Waals surface area contributed by atoms with Crippen LogP contribution in [0.4, 0.5) is 0 Å². The Kier molecular flexibility index (Phi) is 4.56. The molecule has 0 saturated carbocycles. The van der Waals surface area contributed by atoms with E-state index in [4.69, 9.17) is 4.74 Å². The minimum atomic E-state index is 0.0819. The van der Waals surface area contributed by atoms with Gasteiger partial charge in [0.2, 0.25) is 0 Å². The number of halogens is 1. The molecule has 0 aromatic carbocycles. The summed E-state index contributed by atoms with van der Waals surface area (Å²) in [4.78, 5) is 19.1. The maximum atomic E-state index is 13.0. The van der Waals surface area contributed by atoms with Gasteiger partial charge in [-0.05, 0) is 47.7 Å². The van der Waals surface area contributed by atoms with Crippen molar-refractivity contribution in [2.75, 3.05) is 7.11 Å². The van der Waals surface area contributed by atoms with Crippen LogP contribution in [0.1, 0.15) is 47.8 Å². The van der Waals surface area contributed by atoms with Crippen LogP contribution >= 0.6 is 15.9 Å². The normalized spacial score (nSPS) is 25.4. The van der Waals surface area contributed by atoms with Crippen LogP contribution in [-0.2, 0) is 11.3 Å². The lowest BCUT2D eigenvalue weighted by molar-refractivity contribution is 0.0522. The van der Waals surface area contributed by atoms with E-state index in [1.54, 1.807) is 19.5 Å². The summed E-state index contributed by atoms with van der Waals surface area (Å²) in [5.41, 5.74) is 1.49. The average Bonchev–Trinajstić information content (AvgIpc) is 3.17. The van der Waals surface area contributed by atoms with E-state index in [9.17, 15) is 4.79 Å². The highest BCUT2D eigenvalue weighted by molar-refractivity contribution is 9.10. The Labute approximate surface area is 154 Å². The van der Waals surface area contributed by atoms with E-state index in [0.717, 1.165) is 35.8 Å². The molecule has 1 amide bonds. The zero-order chi connectivity index (χ0) is 17.4. The summed E-state index contributed by atoms with van der Waals surface area (Å²) >= 11 is 3.39. The minimum absolute atomic E-state index is 0.0819. The molecule has 2 aromatic heterocycles. The highest BCUT2D eigenvalue weighted by atomic mass is 79.9. The number of nitrogens with zero attached hydrogens (tertiary/aromatic N) is 5. The molecule has 2 saturated heterocycles. The third-order valence-corrected chi connectivity index (χ3v) is 5.55. The number of methoxy groups -OCH3 is 1. The number of aromatic nitrogens is 4. The first-order valence-electron chi connectivity index (χ1n) is 8.48. The number of pyridine rings is 1. The number of ether oxygens (including phenoxy) is 1. The Morgan fingerprint density at radius 2 is 2.04 bits per heavy atom. The maximum Gasteiger partial charge on any atom is 0.255 e. The fourth-order valence-corrected chi connectivity index (χ4v) is 4.44. The molecule has 132 valence electrons. The van der Waals surface area contributed by atoms with Crippen LogP contribution in [0.2, 0.25) is 0 Å².